The Balaban J connectivity index is 1.17. The highest BCUT2D eigenvalue weighted by Crippen LogP contribution is 2.60. The number of anilines is 1. The topological polar surface area (TPSA) is 124 Å². The lowest BCUT2D eigenvalue weighted by molar-refractivity contribution is -0.182. The molecule has 3 saturated carbocycles. The minimum absolute atomic E-state index is 0.139. The third kappa shape index (κ3) is 8.82. The van der Waals surface area contributed by atoms with Crippen LogP contribution in [-0.2, 0) is 29.0 Å². The Morgan fingerprint density at radius 1 is 0.966 bits per heavy atom. The number of ether oxygens (including phenoxy) is 1. The number of carbonyl (C=O) groups is 2. The van der Waals surface area contributed by atoms with Crippen LogP contribution in [0.1, 0.15) is 60.7 Å². The first kappa shape index (κ1) is 42.1. The van der Waals surface area contributed by atoms with Crippen LogP contribution in [0.15, 0.2) is 109 Å². The maximum absolute atomic E-state index is 14.3. The molecule has 8 rings (SSSR count). The van der Waals surface area contributed by atoms with Crippen molar-refractivity contribution < 1.29 is 29.4 Å². The first-order valence-electron chi connectivity index (χ1n) is 20.9. The molecule has 10 heteroatoms. The van der Waals surface area contributed by atoms with Gasteiger partial charge in [0.05, 0.1) is 32.4 Å². The van der Waals surface area contributed by atoms with Crippen LogP contribution in [0.3, 0.4) is 0 Å². The summed E-state index contributed by atoms with van der Waals surface area (Å²) in [5.74, 6) is 0.304. The lowest BCUT2D eigenvalue weighted by Gasteiger charge is -2.60. The number of para-hydroxylation sites is 1. The average molecular weight is 801 g/mol. The van der Waals surface area contributed by atoms with Crippen molar-refractivity contribution in [2.75, 3.05) is 32.7 Å². The first-order valence-corrected chi connectivity index (χ1v) is 20.9. The Kier molecular flexibility index (Phi) is 12.6. The molecule has 7 atom stereocenters. The number of nitrogens with zero attached hydrogens (tertiary/aromatic N) is 2. The van der Waals surface area contributed by atoms with Gasteiger partial charge in [0.25, 0.3) is 5.91 Å². The fourth-order valence-corrected chi connectivity index (χ4v) is 9.75. The number of hydrogen-bond acceptors (Lipinski definition) is 8. The van der Waals surface area contributed by atoms with E-state index in [1.165, 1.54) is 0 Å². The highest BCUT2D eigenvalue weighted by atomic mass is 16.7. The molecule has 2 amide bonds. The van der Waals surface area contributed by atoms with Gasteiger partial charge in [-0.3, -0.25) is 14.4 Å². The Morgan fingerprint density at radius 3 is 2.19 bits per heavy atom. The number of aliphatic hydroxyl groups is 2. The highest BCUT2D eigenvalue weighted by Gasteiger charge is 2.56. The van der Waals surface area contributed by atoms with Crippen LogP contribution in [0.25, 0.3) is 11.1 Å². The van der Waals surface area contributed by atoms with Crippen molar-refractivity contribution in [2.24, 2.45) is 23.2 Å². The molecule has 1 unspecified atom stereocenters. The molecule has 1 saturated heterocycles. The summed E-state index contributed by atoms with van der Waals surface area (Å²) in [5, 5.41) is 29.6. The van der Waals surface area contributed by atoms with Gasteiger partial charge >= 0.3 is 0 Å². The van der Waals surface area contributed by atoms with Crippen LogP contribution in [0.5, 0.6) is 5.75 Å². The van der Waals surface area contributed by atoms with Gasteiger partial charge in [0, 0.05) is 48.4 Å². The predicted molar refractivity (Wildman–Crippen MR) is 232 cm³/mol. The third-order valence-corrected chi connectivity index (χ3v) is 13.2. The zero-order valence-corrected chi connectivity index (χ0v) is 35.2. The van der Waals surface area contributed by atoms with E-state index in [2.05, 4.69) is 55.3 Å². The van der Waals surface area contributed by atoms with Crippen LogP contribution in [-0.4, -0.2) is 85.2 Å². The monoisotopic (exact) mass is 800 g/mol. The summed E-state index contributed by atoms with van der Waals surface area (Å²) in [7, 11) is 5.50. The zero-order valence-electron chi connectivity index (χ0n) is 35.2. The summed E-state index contributed by atoms with van der Waals surface area (Å²) >= 11 is 0. The average Bonchev–Trinajstić information content (AvgIpc) is 3.60. The van der Waals surface area contributed by atoms with Crippen LogP contribution in [0.4, 0.5) is 5.69 Å². The lowest BCUT2D eigenvalue weighted by Crippen LogP contribution is -2.59. The fourth-order valence-electron chi connectivity index (χ4n) is 9.75. The van der Waals surface area contributed by atoms with E-state index in [9.17, 15) is 19.8 Å². The number of rotatable bonds is 15. The van der Waals surface area contributed by atoms with Crippen molar-refractivity contribution in [1.82, 2.24) is 15.7 Å². The Labute approximate surface area is 349 Å². The van der Waals surface area contributed by atoms with Crippen molar-refractivity contribution in [3.05, 3.63) is 131 Å². The quantitative estimate of drug-likeness (QED) is 0.0994. The fraction of sp³-hybridized carbons (Fsp3) is 0.429. The molecule has 4 aliphatic rings. The van der Waals surface area contributed by atoms with Crippen LogP contribution < -0.4 is 20.3 Å². The van der Waals surface area contributed by atoms with E-state index < -0.39 is 24.2 Å². The van der Waals surface area contributed by atoms with E-state index in [1.54, 1.807) is 19.1 Å². The molecular weight excluding hydrogens is 741 g/mol. The highest BCUT2D eigenvalue weighted by molar-refractivity contribution is 5.97. The molecule has 2 bridgehead atoms. The molecule has 1 heterocycles. The largest absolute Gasteiger partial charge is 0.496 e. The zero-order chi connectivity index (χ0) is 42.0. The number of nitrogens with one attached hydrogen (secondary N) is 2. The SMILES string of the molecule is C=C1[C@@H](NC(=O)[C@@H]2[C@H]([C@H](C)O)[C@H](CO)ON2Cc2cccc(-c3cc(C(=O)NC(Cc4ccccc4)Cc4ccccc4)cc(N(C)C)c3)c2OC)CC2C[C@@H]1C2(C)C. The van der Waals surface area contributed by atoms with Gasteiger partial charge in [0.2, 0.25) is 5.91 Å². The smallest absolute Gasteiger partial charge is 0.251 e. The van der Waals surface area contributed by atoms with E-state index in [0.717, 1.165) is 51.9 Å². The van der Waals surface area contributed by atoms with E-state index in [4.69, 9.17) is 9.57 Å². The molecule has 1 aliphatic heterocycles. The molecule has 0 aromatic heterocycles. The van der Waals surface area contributed by atoms with Gasteiger partial charge in [0.1, 0.15) is 17.9 Å². The molecular formula is C49H60N4O6. The third-order valence-electron chi connectivity index (χ3n) is 13.2. The standard InChI is InChI=1S/C49H60N4O6/c1-30-41-26-37(49(41,3)4)27-42(30)51-48(57)45-44(31(2)55)43(29-54)59-53(45)28-34-19-14-20-40(46(34)58-7)35-23-36(25-39(24-35)52(5)6)47(56)50-38(21-32-15-10-8-11-16-32)22-33-17-12-9-13-18-33/h8-20,23-25,31,37-38,41-45,54-55H,1,21-22,26-29H2,2-7H3,(H,50,56)(H,51,57)/t31-,37?,41-,42-,43-,44+,45-/m0/s1. The molecule has 4 N–H and O–H groups in total. The van der Waals surface area contributed by atoms with Crippen molar-refractivity contribution in [3.8, 4) is 16.9 Å². The number of aliphatic hydroxyl groups excluding tert-OH is 2. The summed E-state index contributed by atoms with van der Waals surface area (Å²) < 4.78 is 6.13. The van der Waals surface area contributed by atoms with Gasteiger partial charge in [0.15, 0.2) is 0 Å². The minimum Gasteiger partial charge on any atom is -0.496 e. The van der Waals surface area contributed by atoms with Crippen LogP contribution in [0, 0.1) is 23.2 Å². The van der Waals surface area contributed by atoms with E-state index in [0.29, 0.717) is 36.0 Å². The summed E-state index contributed by atoms with van der Waals surface area (Å²) in [6.45, 7) is 10.4. The van der Waals surface area contributed by atoms with Crippen molar-refractivity contribution in [1.29, 1.82) is 0 Å². The number of hydroxylamine groups is 2. The molecule has 0 spiro atoms. The molecule has 4 aromatic carbocycles. The van der Waals surface area contributed by atoms with Crippen LogP contribution >= 0.6 is 0 Å². The van der Waals surface area contributed by atoms with Crippen molar-refractivity contribution >= 4 is 17.5 Å². The number of hydrogen-bond donors (Lipinski definition) is 4. The second kappa shape index (κ2) is 17.7. The van der Waals surface area contributed by atoms with E-state index in [-0.39, 0.29) is 42.5 Å². The van der Waals surface area contributed by atoms with Crippen LogP contribution in [0.2, 0.25) is 0 Å². The Hall–Kier alpha value is -5.00. The lowest BCUT2D eigenvalue weighted by atomic mass is 9.46. The maximum Gasteiger partial charge on any atom is 0.251 e. The molecule has 59 heavy (non-hydrogen) atoms. The van der Waals surface area contributed by atoms with E-state index >= 15 is 0 Å². The normalized spacial score (nSPS) is 24.0. The molecule has 3 aliphatic carbocycles. The Morgan fingerprint density at radius 2 is 1.63 bits per heavy atom. The summed E-state index contributed by atoms with van der Waals surface area (Å²) in [5.41, 5.74) is 7.16. The molecule has 4 fully saturated rings. The van der Waals surface area contributed by atoms with Gasteiger partial charge < -0.3 is 30.5 Å². The van der Waals surface area contributed by atoms with Gasteiger partial charge in [-0.25, -0.2) is 0 Å². The molecule has 4 aromatic rings. The minimum atomic E-state index is -0.929. The first-order chi connectivity index (χ1) is 28.3. The number of benzene rings is 4. The number of methoxy groups -OCH3 is 1. The van der Waals surface area contributed by atoms with Gasteiger partial charge in [-0.05, 0) is 84.7 Å². The summed E-state index contributed by atoms with van der Waals surface area (Å²) in [4.78, 5) is 36.8. The number of carbonyl (C=O) groups excluding carboxylic acids is 2. The molecule has 0 radical (unpaired) electrons. The molecule has 10 nitrogen and oxygen atoms in total. The van der Waals surface area contributed by atoms with Gasteiger partial charge in [-0.15, -0.1) is 0 Å². The van der Waals surface area contributed by atoms with Gasteiger partial charge in [-0.1, -0.05) is 105 Å². The second-order valence-corrected chi connectivity index (χ2v) is 17.6. The second-order valence-electron chi connectivity index (χ2n) is 17.6. The van der Waals surface area contributed by atoms with E-state index in [1.807, 2.05) is 91.8 Å². The maximum atomic E-state index is 14.3. The number of fused-ring (bicyclic) bond motifs is 2. The predicted octanol–water partition coefficient (Wildman–Crippen LogP) is 6.59. The Bertz CT molecular complexity index is 2080. The van der Waals surface area contributed by atoms with Gasteiger partial charge in [-0.2, -0.15) is 5.06 Å². The molecule has 312 valence electrons. The summed E-state index contributed by atoms with van der Waals surface area (Å²) in [6, 6.07) is 30.8. The van der Waals surface area contributed by atoms with Crippen molar-refractivity contribution in [3.63, 3.8) is 0 Å². The van der Waals surface area contributed by atoms with Crippen molar-refractivity contribution in [2.45, 2.75) is 83.3 Å². The summed E-state index contributed by atoms with van der Waals surface area (Å²) in [6.07, 6.45) is 1.57. The number of amides is 2.